The second-order valence-corrected chi connectivity index (χ2v) is 6.49. The number of nitrogens with two attached hydrogens (primary N) is 1. The smallest absolute Gasteiger partial charge is 0.128 e. The quantitative estimate of drug-likeness (QED) is 0.837. The Kier molecular flexibility index (Phi) is 6.46. The van der Waals surface area contributed by atoms with Gasteiger partial charge in [0.05, 0.1) is 0 Å². The predicted octanol–water partition coefficient (Wildman–Crippen LogP) is 2.36. The molecule has 1 aliphatic rings. The number of nitrogens with zero attached hydrogens (tertiary/aromatic N) is 3. The average molecular weight is 290 g/mol. The van der Waals surface area contributed by atoms with Gasteiger partial charge in [0.25, 0.3) is 0 Å². The van der Waals surface area contributed by atoms with Crippen molar-refractivity contribution in [1.82, 2.24) is 9.88 Å². The highest BCUT2D eigenvalue weighted by Crippen LogP contribution is 2.15. The molecule has 1 aromatic heterocycles. The van der Waals surface area contributed by atoms with Crippen LogP contribution in [0, 0.1) is 5.92 Å². The Bertz CT molecular complexity index is 385. The summed E-state index contributed by atoms with van der Waals surface area (Å²) in [6, 6.07) is 6.49. The summed E-state index contributed by atoms with van der Waals surface area (Å²) in [6.07, 6.45) is 5.58. The first kappa shape index (κ1) is 16.2. The Morgan fingerprint density at radius 1 is 1.14 bits per heavy atom. The van der Waals surface area contributed by atoms with Crippen molar-refractivity contribution in [2.24, 2.45) is 11.7 Å². The van der Waals surface area contributed by atoms with Gasteiger partial charge in [-0.2, -0.15) is 0 Å². The summed E-state index contributed by atoms with van der Waals surface area (Å²) in [5.41, 5.74) is 5.81. The van der Waals surface area contributed by atoms with Crippen LogP contribution in [-0.4, -0.2) is 48.6 Å². The summed E-state index contributed by atoms with van der Waals surface area (Å²) in [5.74, 6) is 1.88. The van der Waals surface area contributed by atoms with Crippen LogP contribution in [0.15, 0.2) is 24.4 Å². The zero-order valence-corrected chi connectivity index (χ0v) is 13.5. The van der Waals surface area contributed by atoms with Gasteiger partial charge in [-0.1, -0.05) is 19.4 Å². The maximum atomic E-state index is 5.81. The first-order chi connectivity index (χ1) is 10.1. The van der Waals surface area contributed by atoms with Gasteiger partial charge in [0, 0.05) is 45.0 Å². The Labute approximate surface area is 129 Å². The van der Waals surface area contributed by atoms with E-state index in [9.17, 15) is 0 Å². The first-order valence-electron chi connectivity index (χ1n) is 8.29. The van der Waals surface area contributed by atoms with Crippen molar-refractivity contribution >= 4 is 5.82 Å². The topological polar surface area (TPSA) is 45.4 Å². The van der Waals surface area contributed by atoms with Gasteiger partial charge in [-0.15, -0.1) is 0 Å². The lowest BCUT2D eigenvalue weighted by atomic mass is 10.0. The van der Waals surface area contributed by atoms with Crippen molar-refractivity contribution in [3.05, 3.63) is 24.4 Å². The van der Waals surface area contributed by atoms with E-state index in [0.29, 0.717) is 6.04 Å². The van der Waals surface area contributed by atoms with Crippen LogP contribution in [0.2, 0.25) is 0 Å². The minimum atomic E-state index is 0.346. The molecular weight excluding hydrogens is 260 g/mol. The number of rotatable bonds is 7. The lowest BCUT2D eigenvalue weighted by Crippen LogP contribution is -2.47. The molecule has 0 aliphatic carbocycles. The second kappa shape index (κ2) is 8.35. The number of hydrogen-bond donors (Lipinski definition) is 1. The van der Waals surface area contributed by atoms with Gasteiger partial charge in [0.15, 0.2) is 0 Å². The van der Waals surface area contributed by atoms with Crippen LogP contribution in [0.4, 0.5) is 5.82 Å². The summed E-state index contributed by atoms with van der Waals surface area (Å²) < 4.78 is 0. The molecule has 118 valence electrons. The van der Waals surface area contributed by atoms with E-state index >= 15 is 0 Å². The molecule has 2 N–H and O–H groups in total. The Morgan fingerprint density at radius 3 is 2.52 bits per heavy atom. The molecule has 4 heteroatoms. The number of aromatic nitrogens is 1. The van der Waals surface area contributed by atoms with Crippen LogP contribution >= 0.6 is 0 Å². The molecule has 2 rings (SSSR count). The fourth-order valence-electron chi connectivity index (χ4n) is 3.02. The van der Waals surface area contributed by atoms with Crippen LogP contribution < -0.4 is 10.6 Å². The molecule has 1 aromatic rings. The minimum Gasteiger partial charge on any atom is -0.354 e. The van der Waals surface area contributed by atoms with Crippen LogP contribution in [0.5, 0.6) is 0 Å². The summed E-state index contributed by atoms with van der Waals surface area (Å²) in [5, 5.41) is 0. The molecular formula is C17H30N4. The van der Waals surface area contributed by atoms with Crippen molar-refractivity contribution in [3.8, 4) is 0 Å². The van der Waals surface area contributed by atoms with Crippen molar-refractivity contribution in [3.63, 3.8) is 0 Å². The number of anilines is 1. The summed E-state index contributed by atoms with van der Waals surface area (Å²) in [4.78, 5) is 9.42. The SMILES string of the molecule is CC(N)CCCC(C)CN1CCN(c2ccccn2)CC1. The van der Waals surface area contributed by atoms with Gasteiger partial charge in [-0.05, 0) is 37.8 Å². The Balaban J connectivity index is 1.67. The van der Waals surface area contributed by atoms with E-state index in [2.05, 4.69) is 40.8 Å². The molecule has 2 unspecified atom stereocenters. The summed E-state index contributed by atoms with van der Waals surface area (Å²) in [7, 11) is 0. The van der Waals surface area contributed by atoms with E-state index in [4.69, 9.17) is 5.73 Å². The van der Waals surface area contributed by atoms with Crippen molar-refractivity contribution in [2.75, 3.05) is 37.6 Å². The van der Waals surface area contributed by atoms with Gasteiger partial charge in [0.1, 0.15) is 5.82 Å². The second-order valence-electron chi connectivity index (χ2n) is 6.49. The molecule has 0 bridgehead atoms. The van der Waals surface area contributed by atoms with Crippen LogP contribution in [0.1, 0.15) is 33.1 Å². The van der Waals surface area contributed by atoms with E-state index in [-0.39, 0.29) is 0 Å². The van der Waals surface area contributed by atoms with Gasteiger partial charge in [0.2, 0.25) is 0 Å². The van der Waals surface area contributed by atoms with E-state index in [0.717, 1.165) is 44.3 Å². The molecule has 0 radical (unpaired) electrons. The summed E-state index contributed by atoms with van der Waals surface area (Å²) in [6.45, 7) is 10.2. The molecule has 1 aliphatic heterocycles. The number of hydrogen-bond acceptors (Lipinski definition) is 4. The normalized spacial score (nSPS) is 19.5. The molecule has 0 amide bonds. The largest absolute Gasteiger partial charge is 0.354 e. The number of pyridine rings is 1. The summed E-state index contributed by atoms with van der Waals surface area (Å²) >= 11 is 0. The molecule has 0 aromatic carbocycles. The fraction of sp³-hybridized carbons (Fsp3) is 0.706. The fourth-order valence-corrected chi connectivity index (χ4v) is 3.02. The Morgan fingerprint density at radius 2 is 1.90 bits per heavy atom. The highest BCUT2D eigenvalue weighted by molar-refractivity contribution is 5.38. The molecule has 4 nitrogen and oxygen atoms in total. The number of piperazine rings is 1. The molecule has 1 fully saturated rings. The molecule has 2 heterocycles. The molecule has 0 spiro atoms. The first-order valence-corrected chi connectivity index (χ1v) is 8.29. The van der Waals surface area contributed by atoms with Gasteiger partial charge < -0.3 is 10.6 Å². The monoisotopic (exact) mass is 290 g/mol. The van der Waals surface area contributed by atoms with Gasteiger partial charge in [-0.25, -0.2) is 4.98 Å². The molecule has 2 atom stereocenters. The van der Waals surface area contributed by atoms with Crippen LogP contribution in [0.3, 0.4) is 0 Å². The molecule has 0 saturated carbocycles. The van der Waals surface area contributed by atoms with Gasteiger partial charge in [-0.3, -0.25) is 4.90 Å². The third-order valence-corrected chi connectivity index (χ3v) is 4.27. The van der Waals surface area contributed by atoms with Gasteiger partial charge >= 0.3 is 0 Å². The Hall–Kier alpha value is -1.13. The van der Waals surface area contributed by atoms with E-state index < -0.39 is 0 Å². The standard InChI is InChI=1S/C17H30N4/c1-15(6-5-7-16(2)18)14-20-10-12-21(13-11-20)17-8-3-4-9-19-17/h3-4,8-9,15-16H,5-7,10-14,18H2,1-2H3. The van der Waals surface area contributed by atoms with Crippen LogP contribution in [-0.2, 0) is 0 Å². The lowest BCUT2D eigenvalue weighted by molar-refractivity contribution is 0.217. The van der Waals surface area contributed by atoms with Crippen LogP contribution in [0.25, 0.3) is 0 Å². The zero-order chi connectivity index (χ0) is 15.1. The van der Waals surface area contributed by atoms with Crippen molar-refractivity contribution < 1.29 is 0 Å². The minimum absolute atomic E-state index is 0.346. The molecule has 1 saturated heterocycles. The third kappa shape index (κ3) is 5.64. The predicted molar refractivity (Wildman–Crippen MR) is 89.6 cm³/mol. The zero-order valence-electron chi connectivity index (χ0n) is 13.5. The van der Waals surface area contributed by atoms with E-state index in [1.807, 2.05) is 12.3 Å². The third-order valence-electron chi connectivity index (χ3n) is 4.27. The maximum Gasteiger partial charge on any atom is 0.128 e. The van der Waals surface area contributed by atoms with Crippen molar-refractivity contribution in [1.29, 1.82) is 0 Å². The van der Waals surface area contributed by atoms with E-state index in [1.54, 1.807) is 0 Å². The molecule has 21 heavy (non-hydrogen) atoms. The van der Waals surface area contributed by atoms with Crippen molar-refractivity contribution in [2.45, 2.75) is 39.2 Å². The lowest BCUT2D eigenvalue weighted by Gasteiger charge is -2.36. The highest BCUT2D eigenvalue weighted by Gasteiger charge is 2.19. The highest BCUT2D eigenvalue weighted by atomic mass is 15.3. The van der Waals surface area contributed by atoms with E-state index in [1.165, 1.54) is 19.4 Å². The maximum absolute atomic E-state index is 5.81. The average Bonchev–Trinajstić information content (AvgIpc) is 2.48.